The first-order valence-corrected chi connectivity index (χ1v) is 7.65. The van der Waals surface area contributed by atoms with E-state index >= 15 is 0 Å². The van der Waals surface area contributed by atoms with E-state index in [0.29, 0.717) is 10.8 Å². The molecule has 3 rings (SSSR count). The van der Waals surface area contributed by atoms with Crippen LogP contribution in [0.3, 0.4) is 0 Å². The number of benzene rings is 1. The first kappa shape index (κ1) is 12.0. The predicted molar refractivity (Wildman–Crippen MR) is 76.3 cm³/mol. The molecule has 3 nitrogen and oxygen atoms in total. The van der Waals surface area contributed by atoms with Gasteiger partial charge in [-0.3, -0.25) is 9.69 Å². The fraction of sp³-hybridized carbons (Fsp3) is 0.167. The molecule has 0 spiro atoms. The van der Waals surface area contributed by atoms with Crippen LogP contribution in [0.25, 0.3) is 0 Å². The van der Waals surface area contributed by atoms with E-state index in [9.17, 15) is 4.79 Å². The summed E-state index contributed by atoms with van der Waals surface area (Å²) in [5.74, 6) is 0.580. The van der Waals surface area contributed by atoms with E-state index in [1.807, 2.05) is 29.6 Å². The predicted octanol–water partition coefficient (Wildman–Crippen LogP) is 3.58. The Balaban J connectivity index is 1.99. The summed E-state index contributed by atoms with van der Waals surface area (Å²) in [5.41, 5.74) is 1.04. The number of nitrogens with zero attached hydrogens (tertiary/aromatic N) is 2. The number of halogens is 1. The van der Waals surface area contributed by atoms with Gasteiger partial charge in [0, 0.05) is 16.6 Å². The van der Waals surface area contributed by atoms with E-state index in [1.54, 1.807) is 22.9 Å². The Hall–Kier alpha value is -1.04. The highest BCUT2D eigenvalue weighted by Crippen LogP contribution is 2.42. The van der Waals surface area contributed by atoms with Crippen molar-refractivity contribution in [2.45, 2.75) is 5.37 Å². The Morgan fingerprint density at radius 1 is 1.44 bits per heavy atom. The molecule has 18 heavy (non-hydrogen) atoms. The zero-order valence-electron chi connectivity index (χ0n) is 9.25. The molecule has 1 saturated heterocycles. The molecule has 1 aliphatic heterocycles. The maximum absolute atomic E-state index is 12.0. The molecule has 0 radical (unpaired) electrons. The van der Waals surface area contributed by atoms with Gasteiger partial charge in [-0.2, -0.15) is 0 Å². The van der Waals surface area contributed by atoms with Crippen LogP contribution in [0, 0.1) is 0 Å². The van der Waals surface area contributed by atoms with Crippen molar-refractivity contribution in [2.75, 3.05) is 10.7 Å². The molecule has 6 heteroatoms. The molecular formula is C12H9ClN2OS2. The van der Waals surface area contributed by atoms with Gasteiger partial charge in [-0.1, -0.05) is 23.7 Å². The van der Waals surface area contributed by atoms with Gasteiger partial charge in [-0.05, 0) is 17.7 Å². The normalized spacial score (nSPS) is 19.5. The fourth-order valence-corrected chi connectivity index (χ4v) is 3.97. The third-order valence-electron chi connectivity index (χ3n) is 2.63. The van der Waals surface area contributed by atoms with Crippen molar-refractivity contribution in [3.8, 4) is 0 Å². The Morgan fingerprint density at radius 3 is 3.06 bits per heavy atom. The summed E-state index contributed by atoms with van der Waals surface area (Å²) in [6.45, 7) is 0. The maximum Gasteiger partial charge on any atom is 0.240 e. The minimum atomic E-state index is -0.0256. The third-order valence-corrected chi connectivity index (χ3v) is 4.85. The zero-order chi connectivity index (χ0) is 12.5. The molecule has 1 aliphatic rings. The lowest BCUT2D eigenvalue weighted by Gasteiger charge is -2.21. The standard InChI is InChI=1S/C12H9ClN2OS2/c13-9-3-1-2-8(6-9)11-15(10(16)7-18-11)12-14-4-5-17-12/h1-6,11H,7H2/t11-/m0/s1. The Bertz CT molecular complexity index is 573. The van der Waals surface area contributed by atoms with Crippen LogP contribution >= 0.6 is 34.7 Å². The number of aromatic nitrogens is 1. The summed E-state index contributed by atoms with van der Waals surface area (Å²) < 4.78 is 0. The second kappa shape index (κ2) is 4.91. The molecule has 2 heterocycles. The van der Waals surface area contributed by atoms with E-state index in [-0.39, 0.29) is 11.3 Å². The smallest absolute Gasteiger partial charge is 0.240 e. The van der Waals surface area contributed by atoms with Gasteiger partial charge in [0.15, 0.2) is 5.13 Å². The highest BCUT2D eigenvalue weighted by Gasteiger charge is 2.35. The van der Waals surface area contributed by atoms with Crippen LogP contribution in [0.2, 0.25) is 5.02 Å². The van der Waals surface area contributed by atoms with E-state index < -0.39 is 0 Å². The quantitative estimate of drug-likeness (QED) is 0.849. The maximum atomic E-state index is 12.0. The van der Waals surface area contributed by atoms with Crippen LogP contribution in [0.4, 0.5) is 5.13 Å². The van der Waals surface area contributed by atoms with Gasteiger partial charge in [0.05, 0.1) is 5.75 Å². The van der Waals surface area contributed by atoms with Crippen molar-refractivity contribution < 1.29 is 4.79 Å². The number of carbonyl (C=O) groups excluding carboxylic acids is 1. The Morgan fingerprint density at radius 2 is 2.33 bits per heavy atom. The summed E-state index contributed by atoms with van der Waals surface area (Å²) in [4.78, 5) is 18.0. The van der Waals surface area contributed by atoms with Crippen molar-refractivity contribution in [2.24, 2.45) is 0 Å². The van der Waals surface area contributed by atoms with Crippen molar-refractivity contribution in [1.82, 2.24) is 4.98 Å². The summed E-state index contributed by atoms with van der Waals surface area (Å²) in [7, 11) is 0. The largest absolute Gasteiger partial charge is 0.273 e. The minimum absolute atomic E-state index is 0.0256. The van der Waals surface area contributed by atoms with Crippen LogP contribution in [0.15, 0.2) is 35.8 Å². The molecule has 0 aliphatic carbocycles. The van der Waals surface area contributed by atoms with Crippen LogP contribution < -0.4 is 4.90 Å². The molecule has 1 fully saturated rings. The lowest BCUT2D eigenvalue weighted by Crippen LogP contribution is -2.27. The lowest BCUT2D eigenvalue weighted by molar-refractivity contribution is -0.115. The van der Waals surface area contributed by atoms with Gasteiger partial charge in [0.1, 0.15) is 5.37 Å². The molecule has 0 N–H and O–H groups in total. The number of hydrogen-bond donors (Lipinski definition) is 0. The van der Waals surface area contributed by atoms with Gasteiger partial charge < -0.3 is 0 Å². The molecule has 1 aromatic heterocycles. The topological polar surface area (TPSA) is 33.2 Å². The van der Waals surface area contributed by atoms with Crippen LogP contribution in [-0.2, 0) is 4.79 Å². The number of rotatable bonds is 2. The second-order valence-corrected chi connectivity index (χ2v) is 6.17. The zero-order valence-corrected chi connectivity index (χ0v) is 11.6. The van der Waals surface area contributed by atoms with Gasteiger partial charge in [0.2, 0.25) is 5.91 Å². The number of carbonyl (C=O) groups is 1. The molecular weight excluding hydrogens is 288 g/mol. The lowest BCUT2D eigenvalue weighted by atomic mass is 10.2. The highest BCUT2D eigenvalue weighted by atomic mass is 35.5. The summed E-state index contributed by atoms with van der Waals surface area (Å²) in [6, 6.07) is 7.63. The summed E-state index contributed by atoms with van der Waals surface area (Å²) >= 11 is 9.08. The highest BCUT2D eigenvalue weighted by molar-refractivity contribution is 8.00. The van der Waals surface area contributed by atoms with Crippen LogP contribution in [0.1, 0.15) is 10.9 Å². The monoisotopic (exact) mass is 296 g/mol. The molecule has 0 unspecified atom stereocenters. The molecule has 92 valence electrons. The molecule has 1 amide bonds. The van der Waals surface area contributed by atoms with Gasteiger partial charge in [0.25, 0.3) is 0 Å². The molecule has 2 aromatic rings. The average Bonchev–Trinajstić information content (AvgIpc) is 2.97. The van der Waals surface area contributed by atoms with Gasteiger partial charge in [-0.25, -0.2) is 4.98 Å². The Labute approximate surface area is 118 Å². The van der Waals surface area contributed by atoms with E-state index in [4.69, 9.17) is 11.6 Å². The van der Waals surface area contributed by atoms with E-state index in [2.05, 4.69) is 4.98 Å². The summed E-state index contributed by atoms with van der Waals surface area (Å²) in [5, 5.41) is 3.28. The number of thioether (sulfide) groups is 1. The number of anilines is 1. The molecule has 0 bridgehead atoms. The van der Waals surface area contributed by atoms with Crippen molar-refractivity contribution in [1.29, 1.82) is 0 Å². The number of thiazole rings is 1. The van der Waals surface area contributed by atoms with Gasteiger partial charge >= 0.3 is 0 Å². The molecule has 1 aromatic carbocycles. The second-order valence-electron chi connectivity index (χ2n) is 3.80. The molecule has 1 atom stereocenters. The average molecular weight is 297 g/mol. The first-order chi connectivity index (χ1) is 8.75. The van der Waals surface area contributed by atoms with Gasteiger partial charge in [-0.15, -0.1) is 23.1 Å². The van der Waals surface area contributed by atoms with E-state index in [1.165, 1.54) is 11.3 Å². The SMILES string of the molecule is O=C1CS[C@@H](c2cccc(Cl)c2)N1c1nccs1. The van der Waals surface area contributed by atoms with E-state index in [0.717, 1.165) is 10.7 Å². The van der Waals surface area contributed by atoms with Crippen molar-refractivity contribution in [3.05, 3.63) is 46.4 Å². The van der Waals surface area contributed by atoms with Crippen LogP contribution in [0.5, 0.6) is 0 Å². The minimum Gasteiger partial charge on any atom is -0.273 e. The third kappa shape index (κ3) is 2.13. The fourth-order valence-electron chi connectivity index (χ4n) is 1.87. The van der Waals surface area contributed by atoms with Crippen LogP contribution in [-0.4, -0.2) is 16.6 Å². The van der Waals surface area contributed by atoms with Crippen molar-refractivity contribution >= 4 is 45.7 Å². The first-order valence-electron chi connectivity index (χ1n) is 5.34. The number of amides is 1. The molecule has 0 saturated carbocycles. The summed E-state index contributed by atoms with van der Waals surface area (Å²) in [6.07, 6.45) is 1.71. The van der Waals surface area contributed by atoms with Crippen molar-refractivity contribution in [3.63, 3.8) is 0 Å². The Kier molecular flexibility index (Phi) is 3.28. The number of hydrogen-bond acceptors (Lipinski definition) is 4.